The van der Waals surface area contributed by atoms with Crippen molar-refractivity contribution in [2.24, 2.45) is 0 Å². The minimum Gasteiger partial charge on any atom is -0.383 e. The number of benzene rings is 1. The van der Waals surface area contributed by atoms with Crippen molar-refractivity contribution in [1.82, 2.24) is 4.90 Å². The number of carbonyl (C=O) groups excluding carboxylic acids is 1. The number of halogens is 2. The van der Waals surface area contributed by atoms with Crippen LogP contribution in [0.1, 0.15) is 15.9 Å². The average Bonchev–Trinajstić information content (AvgIpc) is 2.31. The molecule has 0 aliphatic heterocycles. The Balaban J connectivity index is 2.77. The predicted octanol–water partition coefficient (Wildman–Crippen LogP) is 3.13. The fraction of sp³-hybridized carbons (Fsp3) is 0.462. The summed E-state index contributed by atoms with van der Waals surface area (Å²) in [5.74, 6) is -0.0319. The zero-order chi connectivity index (χ0) is 13.7. The molecule has 0 saturated heterocycles. The Morgan fingerprint density at radius 2 is 2.22 bits per heavy atom. The van der Waals surface area contributed by atoms with Crippen LogP contribution in [0.2, 0.25) is 5.02 Å². The van der Waals surface area contributed by atoms with E-state index < -0.39 is 0 Å². The van der Waals surface area contributed by atoms with Crippen molar-refractivity contribution in [3.63, 3.8) is 0 Å². The van der Waals surface area contributed by atoms with E-state index in [1.807, 2.05) is 13.0 Å². The lowest BCUT2D eigenvalue weighted by molar-refractivity contribution is 0.0783. The second kappa shape index (κ2) is 7.12. The Bertz CT molecular complexity index is 425. The summed E-state index contributed by atoms with van der Waals surface area (Å²) in [6.45, 7) is 3.04. The van der Waals surface area contributed by atoms with Gasteiger partial charge < -0.3 is 9.64 Å². The van der Waals surface area contributed by atoms with Gasteiger partial charge in [-0.05, 0) is 24.6 Å². The van der Waals surface area contributed by atoms with Gasteiger partial charge in [-0.2, -0.15) is 0 Å². The third-order valence-corrected chi connectivity index (χ3v) is 3.39. The number of hydrogen-bond acceptors (Lipinski definition) is 2. The molecule has 0 aromatic heterocycles. The van der Waals surface area contributed by atoms with Crippen molar-refractivity contribution < 1.29 is 9.53 Å². The second-order valence-corrected chi connectivity index (χ2v) is 5.93. The molecular weight excluding hydrogens is 318 g/mol. The molecule has 1 aromatic carbocycles. The van der Waals surface area contributed by atoms with E-state index in [1.54, 1.807) is 31.2 Å². The van der Waals surface area contributed by atoms with Crippen LogP contribution in [0, 0.1) is 6.92 Å². The summed E-state index contributed by atoms with van der Waals surface area (Å²) in [4.78, 5) is 14.0. The molecule has 0 radical (unpaired) electrons. The maximum absolute atomic E-state index is 12.3. The Morgan fingerprint density at radius 1 is 1.56 bits per heavy atom. The summed E-state index contributed by atoms with van der Waals surface area (Å²) in [6, 6.07) is 5.34. The molecule has 1 unspecified atom stereocenters. The third-order valence-electron chi connectivity index (χ3n) is 2.60. The zero-order valence-electron chi connectivity index (χ0n) is 10.7. The molecule has 0 aliphatic rings. The first kappa shape index (κ1) is 15.5. The molecule has 0 bridgehead atoms. The van der Waals surface area contributed by atoms with Gasteiger partial charge in [-0.1, -0.05) is 33.6 Å². The zero-order valence-corrected chi connectivity index (χ0v) is 13.1. The number of alkyl halides is 1. The predicted molar refractivity (Wildman–Crippen MR) is 77.7 cm³/mol. The van der Waals surface area contributed by atoms with E-state index >= 15 is 0 Å². The fourth-order valence-electron chi connectivity index (χ4n) is 1.64. The standard InChI is InChI=1S/C13H17BrClNO2/c1-9-4-5-11(15)6-12(9)13(17)16(2)7-10(14)8-18-3/h4-6,10H,7-8H2,1-3H3. The molecule has 0 fully saturated rings. The molecule has 0 saturated carbocycles. The normalized spacial score (nSPS) is 12.3. The highest BCUT2D eigenvalue weighted by Gasteiger charge is 2.17. The average molecular weight is 335 g/mol. The Morgan fingerprint density at radius 3 is 2.83 bits per heavy atom. The molecule has 3 nitrogen and oxygen atoms in total. The molecule has 0 N–H and O–H groups in total. The van der Waals surface area contributed by atoms with Gasteiger partial charge in [0.15, 0.2) is 0 Å². The molecule has 1 aromatic rings. The monoisotopic (exact) mass is 333 g/mol. The summed E-state index contributed by atoms with van der Waals surface area (Å²) in [5.41, 5.74) is 1.57. The first-order valence-electron chi connectivity index (χ1n) is 5.60. The SMILES string of the molecule is COCC(Br)CN(C)C(=O)c1cc(Cl)ccc1C. The lowest BCUT2D eigenvalue weighted by Crippen LogP contribution is -2.34. The van der Waals surface area contributed by atoms with Crippen LogP contribution in [-0.4, -0.2) is 42.9 Å². The number of aryl methyl sites for hydroxylation is 1. The van der Waals surface area contributed by atoms with Gasteiger partial charge >= 0.3 is 0 Å². The van der Waals surface area contributed by atoms with Crippen LogP contribution in [0.3, 0.4) is 0 Å². The van der Waals surface area contributed by atoms with E-state index in [9.17, 15) is 4.79 Å². The molecule has 100 valence electrons. The summed E-state index contributed by atoms with van der Waals surface area (Å²) in [5, 5.41) is 0.574. The van der Waals surface area contributed by atoms with Crippen molar-refractivity contribution in [2.45, 2.75) is 11.8 Å². The maximum atomic E-state index is 12.3. The molecule has 18 heavy (non-hydrogen) atoms. The van der Waals surface area contributed by atoms with E-state index in [1.165, 1.54) is 0 Å². The largest absolute Gasteiger partial charge is 0.383 e. The molecule has 1 atom stereocenters. The highest BCUT2D eigenvalue weighted by atomic mass is 79.9. The van der Waals surface area contributed by atoms with Crippen LogP contribution in [0.4, 0.5) is 0 Å². The highest BCUT2D eigenvalue weighted by molar-refractivity contribution is 9.09. The topological polar surface area (TPSA) is 29.5 Å². The minimum atomic E-state index is -0.0319. The number of methoxy groups -OCH3 is 1. The van der Waals surface area contributed by atoms with Gasteiger partial charge in [-0.25, -0.2) is 0 Å². The van der Waals surface area contributed by atoms with Crippen molar-refractivity contribution >= 4 is 33.4 Å². The van der Waals surface area contributed by atoms with E-state index in [0.29, 0.717) is 23.7 Å². The van der Waals surface area contributed by atoms with E-state index in [-0.39, 0.29) is 10.7 Å². The molecule has 1 amide bonds. The third kappa shape index (κ3) is 4.26. The molecule has 0 aliphatic carbocycles. The van der Waals surface area contributed by atoms with Gasteiger partial charge in [0.2, 0.25) is 0 Å². The minimum absolute atomic E-state index is 0.0319. The van der Waals surface area contributed by atoms with Crippen molar-refractivity contribution in [3.8, 4) is 0 Å². The summed E-state index contributed by atoms with van der Waals surface area (Å²) in [6.07, 6.45) is 0. The van der Waals surface area contributed by atoms with Gasteiger partial charge in [0.25, 0.3) is 5.91 Å². The van der Waals surface area contributed by atoms with Crippen LogP contribution in [-0.2, 0) is 4.74 Å². The van der Waals surface area contributed by atoms with Crippen LogP contribution < -0.4 is 0 Å². The highest BCUT2D eigenvalue weighted by Crippen LogP contribution is 2.17. The number of amides is 1. The van der Waals surface area contributed by atoms with Crippen molar-refractivity contribution in [2.75, 3.05) is 27.3 Å². The summed E-state index contributed by atoms with van der Waals surface area (Å²) in [7, 11) is 3.41. The maximum Gasteiger partial charge on any atom is 0.253 e. The lowest BCUT2D eigenvalue weighted by Gasteiger charge is -2.21. The van der Waals surface area contributed by atoms with Crippen LogP contribution in [0.5, 0.6) is 0 Å². The second-order valence-electron chi connectivity index (χ2n) is 4.20. The Hall–Kier alpha value is -0.580. The molecule has 5 heteroatoms. The fourth-order valence-corrected chi connectivity index (χ4v) is 2.51. The number of rotatable bonds is 5. The number of hydrogen-bond donors (Lipinski definition) is 0. The number of carbonyl (C=O) groups is 1. The van der Waals surface area contributed by atoms with E-state index in [0.717, 1.165) is 5.56 Å². The van der Waals surface area contributed by atoms with E-state index in [4.69, 9.17) is 16.3 Å². The number of nitrogens with zero attached hydrogens (tertiary/aromatic N) is 1. The summed E-state index contributed by atoms with van der Waals surface area (Å²) < 4.78 is 5.03. The van der Waals surface area contributed by atoms with Gasteiger partial charge in [0.05, 0.1) is 11.4 Å². The van der Waals surface area contributed by atoms with Gasteiger partial charge in [0.1, 0.15) is 0 Å². The first-order chi connectivity index (χ1) is 8.45. The van der Waals surface area contributed by atoms with Gasteiger partial charge in [-0.3, -0.25) is 4.79 Å². The first-order valence-corrected chi connectivity index (χ1v) is 6.89. The van der Waals surface area contributed by atoms with Crippen molar-refractivity contribution in [1.29, 1.82) is 0 Å². The Kier molecular flexibility index (Phi) is 6.12. The lowest BCUT2D eigenvalue weighted by atomic mass is 10.1. The number of ether oxygens (including phenoxy) is 1. The molecule has 0 spiro atoms. The Labute approximate surface area is 121 Å². The molecule has 0 heterocycles. The van der Waals surface area contributed by atoms with E-state index in [2.05, 4.69) is 15.9 Å². The van der Waals surface area contributed by atoms with Gasteiger partial charge in [0, 0.05) is 31.3 Å². The van der Waals surface area contributed by atoms with Crippen LogP contribution in [0.25, 0.3) is 0 Å². The van der Waals surface area contributed by atoms with Gasteiger partial charge in [-0.15, -0.1) is 0 Å². The summed E-state index contributed by atoms with van der Waals surface area (Å²) >= 11 is 9.39. The smallest absolute Gasteiger partial charge is 0.253 e. The van der Waals surface area contributed by atoms with Crippen LogP contribution in [0.15, 0.2) is 18.2 Å². The van der Waals surface area contributed by atoms with Crippen LogP contribution >= 0.6 is 27.5 Å². The quantitative estimate of drug-likeness (QED) is 0.774. The molecular formula is C13H17BrClNO2. The van der Waals surface area contributed by atoms with Crippen molar-refractivity contribution in [3.05, 3.63) is 34.3 Å². The molecule has 1 rings (SSSR count).